The number of nitrogens with zero attached hydrogens (tertiary/aromatic N) is 3. The maximum atomic E-state index is 10.6. The normalized spacial score (nSPS) is 10.5. The van der Waals surface area contributed by atoms with Crippen LogP contribution < -0.4 is 4.74 Å². The van der Waals surface area contributed by atoms with Crippen molar-refractivity contribution in [3.05, 3.63) is 52.6 Å². The number of para-hydroxylation sites is 1. The number of rotatable bonds is 3. The number of ether oxygens (including phenoxy) is 1. The average molecular weight is 256 g/mol. The van der Waals surface area contributed by atoms with E-state index in [-0.39, 0.29) is 5.69 Å². The van der Waals surface area contributed by atoms with Crippen molar-refractivity contribution in [2.24, 2.45) is 0 Å². The van der Waals surface area contributed by atoms with Gasteiger partial charge in [0.25, 0.3) is 5.69 Å². The molecule has 94 valence electrons. The Bertz CT molecular complexity index is 736. The number of hydrogen-bond donors (Lipinski definition) is 1. The van der Waals surface area contributed by atoms with Gasteiger partial charge in [-0.1, -0.05) is 6.07 Å². The van der Waals surface area contributed by atoms with Crippen LogP contribution in [-0.4, -0.2) is 20.3 Å². The summed E-state index contributed by atoms with van der Waals surface area (Å²) in [6.45, 7) is 0. The molecule has 0 aliphatic carbocycles. The summed E-state index contributed by atoms with van der Waals surface area (Å²) in [6, 6.07) is 11.2. The van der Waals surface area contributed by atoms with E-state index in [9.17, 15) is 10.1 Å². The minimum absolute atomic E-state index is 0.0204. The van der Waals surface area contributed by atoms with Crippen LogP contribution in [0.4, 0.5) is 5.69 Å². The molecule has 19 heavy (non-hydrogen) atoms. The molecule has 1 N–H and O–H groups in total. The number of aromatic nitrogens is 3. The number of non-ortho nitro benzene ring substituents is 1. The smallest absolute Gasteiger partial charge is 0.269 e. The molecule has 0 fully saturated rings. The highest BCUT2D eigenvalue weighted by atomic mass is 16.6. The molecule has 0 saturated carbocycles. The zero-order chi connectivity index (χ0) is 13.2. The molecular weight excluding hydrogens is 248 g/mol. The number of fused-ring (bicyclic) bond motifs is 1. The first-order valence-electron chi connectivity index (χ1n) is 5.46. The summed E-state index contributed by atoms with van der Waals surface area (Å²) in [7, 11) is 0. The minimum atomic E-state index is -0.456. The highest BCUT2D eigenvalue weighted by molar-refractivity contribution is 5.80. The van der Waals surface area contributed by atoms with Gasteiger partial charge < -0.3 is 4.74 Å². The number of nitrogens with one attached hydrogen (secondary N) is 1. The highest BCUT2D eigenvalue weighted by Gasteiger charge is 2.08. The summed E-state index contributed by atoms with van der Waals surface area (Å²) >= 11 is 0. The van der Waals surface area contributed by atoms with Crippen LogP contribution in [-0.2, 0) is 0 Å². The zero-order valence-electron chi connectivity index (χ0n) is 9.61. The van der Waals surface area contributed by atoms with E-state index in [1.54, 1.807) is 12.1 Å². The third kappa shape index (κ3) is 2.08. The third-order valence-electron chi connectivity index (χ3n) is 2.59. The second-order valence-corrected chi connectivity index (χ2v) is 3.80. The van der Waals surface area contributed by atoms with Gasteiger partial charge >= 0.3 is 0 Å². The third-order valence-corrected chi connectivity index (χ3v) is 2.59. The van der Waals surface area contributed by atoms with Gasteiger partial charge in [-0.2, -0.15) is 15.4 Å². The lowest BCUT2D eigenvalue weighted by atomic mass is 10.3. The Balaban J connectivity index is 1.92. The molecule has 0 atom stereocenters. The Morgan fingerprint density at radius 1 is 1.11 bits per heavy atom. The topological polar surface area (TPSA) is 93.9 Å². The van der Waals surface area contributed by atoms with E-state index in [1.807, 2.05) is 6.07 Å². The first kappa shape index (κ1) is 11.1. The molecule has 0 spiro atoms. The summed E-state index contributed by atoms with van der Waals surface area (Å²) in [5.41, 5.74) is 1.33. The molecule has 0 unspecified atom stereocenters. The SMILES string of the molecule is O=[N+]([O-])c1ccc(Oc2cccc3n[nH]nc23)cc1. The number of H-pyrrole nitrogens is 1. The molecule has 7 nitrogen and oxygen atoms in total. The highest BCUT2D eigenvalue weighted by Crippen LogP contribution is 2.28. The molecule has 3 rings (SSSR count). The van der Waals surface area contributed by atoms with Crippen LogP contribution in [0.5, 0.6) is 11.5 Å². The lowest BCUT2D eigenvalue weighted by molar-refractivity contribution is -0.384. The predicted molar refractivity (Wildman–Crippen MR) is 67.1 cm³/mol. The lowest BCUT2D eigenvalue weighted by Gasteiger charge is -2.05. The molecule has 3 aromatic rings. The summed E-state index contributed by atoms with van der Waals surface area (Å²) < 4.78 is 5.64. The van der Waals surface area contributed by atoms with Crippen molar-refractivity contribution in [2.45, 2.75) is 0 Å². The van der Waals surface area contributed by atoms with E-state index >= 15 is 0 Å². The quantitative estimate of drug-likeness (QED) is 0.574. The second kappa shape index (κ2) is 4.37. The molecule has 1 aromatic heterocycles. The van der Waals surface area contributed by atoms with Crippen LogP contribution in [0.3, 0.4) is 0 Å². The number of nitro benzene ring substituents is 1. The molecule has 0 bridgehead atoms. The zero-order valence-corrected chi connectivity index (χ0v) is 9.61. The first-order valence-corrected chi connectivity index (χ1v) is 5.46. The molecule has 0 aliphatic heterocycles. The fourth-order valence-electron chi connectivity index (χ4n) is 1.69. The Hall–Kier alpha value is -2.96. The fraction of sp³-hybridized carbons (Fsp3) is 0. The van der Waals surface area contributed by atoms with E-state index < -0.39 is 4.92 Å². The Morgan fingerprint density at radius 3 is 2.63 bits per heavy atom. The van der Waals surface area contributed by atoms with Gasteiger partial charge in [0.1, 0.15) is 11.3 Å². The number of hydrogen-bond acceptors (Lipinski definition) is 5. The van der Waals surface area contributed by atoms with E-state index in [1.165, 1.54) is 24.3 Å². The molecule has 0 amide bonds. The van der Waals surface area contributed by atoms with Crippen molar-refractivity contribution >= 4 is 16.7 Å². The molecule has 0 aliphatic rings. The van der Waals surface area contributed by atoms with Gasteiger partial charge in [-0.3, -0.25) is 10.1 Å². The monoisotopic (exact) mass is 256 g/mol. The van der Waals surface area contributed by atoms with Crippen LogP contribution in [0.15, 0.2) is 42.5 Å². The van der Waals surface area contributed by atoms with Crippen LogP contribution in [0.2, 0.25) is 0 Å². The number of aromatic amines is 1. The van der Waals surface area contributed by atoms with Crippen LogP contribution >= 0.6 is 0 Å². The minimum Gasteiger partial charge on any atom is -0.455 e. The van der Waals surface area contributed by atoms with E-state index in [2.05, 4.69) is 15.4 Å². The summed E-state index contributed by atoms with van der Waals surface area (Å²) in [5.74, 6) is 1.04. The van der Waals surface area contributed by atoms with Crippen molar-refractivity contribution in [3.8, 4) is 11.5 Å². The molecule has 0 saturated heterocycles. The Labute approximate surface area is 107 Å². The predicted octanol–water partition coefficient (Wildman–Crippen LogP) is 2.66. The summed E-state index contributed by atoms with van der Waals surface area (Å²) in [6.07, 6.45) is 0. The van der Waals surface area contributed by atoms with Crippen molar-refractivity contribution in [1.29, 1.82) is 0 Å². The molecule has 7 heteroatoms. The van der Waals surface area contributed by atoms with Gasteiger partial charge in [-0.05, 0) is 24.3 Å². The van der Waals surface area contributed by atoms with Gasteiger partial charge in [0.15, 0.2) is 11.3 Å². The van der Waals surface area contributed by atoms with Gasteiger partial charge in [0.05, 0.1) is 4.92 Å². The van der Waals surface area contributed by atoms with Crippen molar-refractivity contribution in [2.75, 3.05) is 0 Å². The second-order valence-electron chi connectivity index (χ2n) is 3.80. The maximum Gasteiger partial charge on any atom is 0.269 e. The Kier molecular flexibility index (Phi) is 2.57. The summed E-state index contributed by atoms with van der Waals surface area (Å²) in [5, 5.41) is 21.0. The number of benzene rings is 2. The molecular formula is C12H8N4O3. The largest absolute Gasteiger partial charge is 0.455 e. The first-order chi connectivity index (χ1) is 9.24. The van der Waals surface area contributed by atoms with Crippen LogP contribution in [0.25, 0.3) is 11.0 Å². The summed E-state index contributed by atoms with van der Waals surface area (Å²) in [4.78, 5) is 10.1. The van der Waals surface area contributed by atoms with E-state index in [4.69, 9.17) is 4.74 Å². The van der Waals surface area contributed by atoms with E-state index in [0.29, 0.717) is 22.5 Å². The van der Waals surface area contributed by atoms with Crippen molar-refractivity contribution in [3.63, 3.8) is 0 Å². The lowest BCUT2D eigenvalue weighted by Crippen LogP contribution is -1.89. The maximum absolute atomic E-state index is 10.6. The van der Waals surface area contributed by atoms with Crippen molar-refractivity contribution < 1.29 is 9.66 Å². The number of nitro groups is 1. The van der Waals surface area contributed by atoms with E-state index in [0.717, 1.165) is 0 Å². The molecule has 1 heterocycles. The van der Waals surface area contributed by atoms with Crippen LogP contribution in [0, 0.1) is 10.1 Å². The standard InChI is InChI=1S/C12H8N4O3/c17-16(18)8-4-6-9(7-5-8)19-11-3-1-2-10-12(11)14-15-13-10/h1-7H,(H,13,14,15). The average Bonchev–Trinajstić information content (AvgIpc) is 2.89. The van der Waals surface area contributed by atoms with Crippen LogP contribution in [0.1, 0.15) is 0 Å². The molecule has 0 radical (unpaired) electrons. The van der Waals surface area contributed by atoms with Gasteiger partial charge in [0.2, 0.25) is 0 Å². The fourth-order valence-corrected chi connectivity index (χ4v) is 1.69. The van der Waals surface area contributed by atoms with Crippen molar-refractivity contribution in [1.82, 2.24) is 15.4 Å². The molecule has 2 aromatic carbocycles. The van der Waals surface area contributed by atoms with Gasteiger partial charge in [0, 0.05) is 12.1 Å². The Morgan fingerprint density at radius 2 is 1.89 bits per heavy atom. The van der Waals surface area contributed by atoms with Gasteiger partial charge in [-0.25, -0.2) is 0 Å². The van der Waals surface area contributed by atoms with Gasteiger partial charge in [-0.15, -0.1) is 0 Å².